The summed E-state index contributed by atoms with van der Waals surface area (Å²) in [5.41, 5.74) is 0. The molecule has 7 heteroatoms. The Morgan fingerprint density at radius 3 is 2.68 bits per heavy atom. The smallest absolute Gasteiger partial charge is 0.150 e. The molecule has 0 aliphatic carbocycles. The lowest BCUT2D eigenvalue weighted by Gasteiger charge is -2.24. The SMILES string of the molecule is O=S1(=O)CCC(Cc2nnc3n2C(O)CCC3)CC1. The Bertz CT molecular complexity index is 553. The number of rotatable bonds is 2. The summed E-state index contributed by atoms with van der Waals surface area (Å²) in [5.74, 6) is 2.57. The fourth-order valence-electron chi connectivity index (χ4n) is 2.99. The van der Waals surface area contributed by atoms with Gasteiger partial charge in [-0.15, -0.1) is 10.2 Å². The highest BCUT2D eigenvalue weighted by molar-refractivity contribution is 7.91. The van der Waals surface area contributed by atoms with E-state index in [1.165, 1.54) is 0 Å². The Labute approximate surface area is 112 Å². The quantitative estimate of drug-likeness (QED) is 0.854. The zero-order valence-corrected chi connectivity index (χ0v) is 11.6. The number of aliphatic hydroxyl groups is 1. The molecular formula is C12H19N3O3S. The normalized spacial score (nSPS) is 27.1. The molecule has 106 valence electrons. The predicted octanol–water partition coefficient (Wildman–Crippen LogP) is 0.473. The monoisotopic (exact) mass is 285 g/mol. The van der Waals surface area contributed by atoms with Crippen LogP contribution in [0.2, 0.25) is 0 Å². The van der Waals surface area contributed by atoms with Crippen LogP contribution in [0.3, 0.4) is 0 Å². The number of fused-ring (bicyclic) bond motifs is 1. The molecule has 0 radical (unpaired) electrons. The maximum Gasteiger partial charge on any atom is 0.150 e. The molecule has 6 nitrogen and oxygen atoms in total. The van der Waals surface area contributed by atoms with Crippen molar-refractivity contribution in [2.24, 2.45) is 5.92 Å². The zero-order chi connectivity index (χ0) is 13.5. The summed E-state index contributed by atoms with van der Waals surface area (Å²) in [6, 6.07) is 0. The predicted molar refractivity (Wildman–Crippen MR) is 69.3 cm³/mol. The molecule has 1 unspecified atom stereocenters. The van der Waals surface area contributed by atoms with Gasteiger partial charge in [-0.25, -0.2) is 8.42 Å². The first kappa shape index (κ1) is 13.1. The molecule has 0 saturated carbocycles. The van der Waals surface area contributed by atoms with Gasteiger partial charge in [0.15, 0.2) is 0 Å². The lowest BCUT2D eigenvalue weighted by atomic mass is 9.98. The molecule has 1 N–H and O–H groups in total. The molecular weight excluding hydrogens is 266 g/mol. The number of aryl methyl sites for hydroxylation is 1. The van der Waals surface area contributed by atoms with E-state index in [2.05, 4.69) is 10.2 Å². The molecule has 0 bridgehead atoms. The van der Waals surface area contributed by atoms with E-state index >= 15 is 0 Å². The van der Waals surface area contributed by atoms with Crippen LogP contribution in [0.25, 0.3) is 0 Å². The van der Waals surface area contributed by atoms with Gasteiger partial charge in [-0.3, -0.25) is 4.57 Å². The van der Waals surface area contributed by atoms with Gasteiger partial charge >= 0.3 is 0 Å². The van der Waals surface area contributed by atoms with Gasteiger partial charge in [0.1, 0.15) is 27.7 Å². The average Bonchev–Trinajstić information content (AvgIpc) is 2.77. The molecule has 1 aromatic rings. The number of aliphatic hydroxyl groups excluding tert-OH is 1. The summed E-state index contributed by atoms with van der Waals surface area (Å²) in [5, 5.41) is 18.3. The first-order valence-electron chi connectivity index (χ1n) is 6.86. The molecule has 0 spiro atoms. The summed E-state index contributed by atoms with van der Waals surface area (Å²) in [6.07, 6.45) is 4.16. The summed E-state index contributed by atoms with van der Waals surface area (Å²) < 4.78 is 24.7. The van der Waals surface area contributed by atoms with Crippen LogP contribution in [0.5, 0.6) is 0 Å². The summed E-state index contributed by atoms with van der Waals surface area (Å²) in [6.45, 7) is 0. The van der Waals surface area contributed by atoms with Crippen LogP contribution < -0.4 is 0 Å². The van der Waals surface area contributed by atoms with Crippen molar-refractivity contribution in [3.05, 3.63) is 11.6 Å². The molecule has 2 aliphatic rings. The molecule has 3 heterocycles. The van der Waals surface area contributed by atoms with Crippen molar-refractivity contribution >= 4 is 9.84 Å². The molecule has 1 aromatic heterocycles. The third kappa shape index (κ3) is 2.67. The van der Waals surface area contributed by atoms with E-state index in [1.54, 1.807) is 0 Å². The van der Waals surface area contributed by atoms with E-state index in [9.17, 15) is 13.5 Å². The van der Waals surface area contributed by atoms with Gasteiger partial charge in [0.05, 0.1) is 11.5 Å². The van der Waals surface area contributed by atoms with Gasteiger partial charge in [-0.05, 0) is 31.6 Å². The second-order valence-electron chi connectivity index (χ2n) is 5.57. The Morgan fingerprint density at radius 2 is 1.95 bits per heavy atom. The fourth-order valence-corrected chi connectivity index (χ4v) is 4.58. The maximum atomic E-state index is 11.4. The summed E-state index contributed by atoms with van der Waals surface area (Å²) >= 11 is 0. The van der Waals surface area contributed by atoms with Crippen molar-refractivity contribution in [3.8, 4) is 0 Å². The van der Waals surface area contributed by atoms with Crippen LogP contribution in [0, 0.1) is 5.92 Å². The van der Waals surface area contributed by atoms with E-state index in [1.807, 2.05) is 4.57 Å². The van der Waals surface area contributed by atoms with Gasteiger partial charge in [-0.2, -0.15) is 0 Å². The maximum absolute atomic E-state index is 11.4. The van der Waals surface area contributed by atoms with Crippen molar-refractivity contribution in [2.75, 3.05) is 11.5 Å². The van der Waals surface area contributed by atoms with E-state index in [4.69, 9.17) is 0 Å². The Kier molecular flexibility index (Phi) is 3.34. The summed E-state index contributed by atoms with van der Waals surface area (Å²) in [4.78, 5) is 0. The van der Waals surface area contributed by atoms with Gasteiger partial charge in [0, 0.05) is 12.8 Å². The van der Waals surface area contributed by atoms with Crippen LogP contribution >= 0.6 is 0 Å². The first-order chi connectivity index (χ1) is 9.05. The van der Waals surface area contributed by atoms with E-state index in [-0.39, 0.29) is 11.5 Å². The van der Waals surface area contributed by atoms with Crippen molar-refractivity contribution in [3.63, 3.8) is 0 Å². The Morgan fingerprint density at radius 1 is 1.21 bits per heavy atom. The molecule has 0 aromatic carbocycles. The van der Waals surface area contributed by atoms with Crippen molar-refractivity contribution < 1.29 is 13.5 Å². The van der Waals surface area contributed by atoms with Crippen LogP contribution in [0.1, 0.15) is 43.6 Å². The van der Waals surface area contributed by atoms with Gasteiger partial charge < -0.3 is 5.11 Å². The highest BCUT2D eigenvalue weighted by atomic mass is 32.2. The number of nitrogens with zero attached hydrogens (tertiary/aromatic N) is 3. The lowest BCUT2D eigenvalue weighted by molar-refractivity contribution is 0.0741. The topological polar surface area (TPSA) is 85.1 Å². The summed E-state index contributed by atoms with van der Waals surface area (Å²) in [7, 11) is -2.81. The minimum atomic E-state index is -2.81. The van der Waals surface area contributed by atoms with Crippen molar-refractivity contribution in [1.29, 1.82) is 0 Å². The van der Waals surface area contributed by atoms with Crippen molar-refractivity contribution in [2.45, 2.75) is 44.8 Å². The molecule has 0 amide bonds. The minimum absolute atomic E-state index is 0.279. The standard InChI is InChI=1S/C12H19N3O3S/c16-12-3-1-2-10-13-14-11(15(10)12)8-9-4-6-19(17,18)7-5-9/h9,12,16H,1-8H2. The number of hydrogen-bond acceptors (Lipinski definition) is 5. The third-order valence-corrected chi connectivity index (χ3v) is 5.86. The highest BCUT2D eigenvalue weighted by Gasteiger charge is 2.28. The zero-order valence-electron chi connectivity index (χ0n) is 10.8. The number of hydrogen-bond donors (Lipinski definition) is 1. The van der Waals surface area contributed by atoms with Crippen LogP contribution in [0.4, 0.5) is 0 Å². The molecule has 1 fully saturated rings. The minimum Gasteiger partial charge on any atom is -0.373 e. The fraction of sp³-hybridized carbons (Fsp3) is 0.833. The van der Waals surface area contributed by atoms with Crippen LogP contribution in [-0.4, -0.2) is 39.8 Å². The second kappa shape index (κ2) is 4.86. The van der Waals surface area contributed by atoms with Crippen LogP contribution in [-0.2, 0) is 22.7 Å². The Hall–Kier alpha value is -0.950. The van der Waals surface area contributed by atoms with Crippen molar-refractivity contribution in [1.82, 2.24) is 14.8 Å². The molecule has 3 rings (SSSR count). The lowest BCUT2D eigenvalue weighted by Crippen LogP contribution is -2.26. The van der Waals surface area contributed by atoms with Gasteiger partial charge in [-0.1, -0.05) is 0 Å². The van der Waals surface area contributed by atoms with Crippen LogP contribution in [0.15, 0.2) is 0 Å². The van der Waals surface area contributed by atoms with Gasteiger partial charge in [0.25, 0.3) is 0 Å². The number of aromatic nitrogens is 3. The first-order valence-corrected chi connectivity index (χ1v) is 8.68. The van der Waals surface area contributed by atoms with E-state index in [0.717, 1.165) is 37.3 Å². The highest BCUT2D eigenvalue weighted by Crippen LogP contribution is 2.27. The van der Waals surface area contributed by atoms with E-state index < -0.39 is 16.1 Å². The number of sulfone groups is 1. The molecule has 1 atom stereocenters. The largest absolute Gasteiger partial charge is 0.373 e. The molecule has 1 saturated heterocycles. The van der Waals surface area contributed by atoms with Gasteiger partial charge in [0.2, 0.25) is 0 Å². The Balaban J connectivity index is 1.73. The third-order valence-electron chi connectivity index (χ3n) is 4.14. The molecule has 2 aliphatic heterocycles. The molecule has 19 heavy (non-hydrogen) atoms. The second-order valence-corrected chi connectivity index (χ2v) is 7.88. The average molecular weight is 285 g/mol. The van der Waals surface area contributed by atoms with E-state index in [0.29, 0.717) is 18.8 Å².